The minimum Gasteiger partial charge on any atom is -0.210 e. The molecule has 0 aromatic carbocycles. The average molecular weight is 444 g/mol. The van der Waals surface area contributed by atoms with Crippen LogP contribution in [0.2, 0.25) is 0 Å². The smallest absolute Gasteiger partial charge is 0.210 e. The average Bonchev–Trinajstić information content (AvgIpc) is 1.62. The van der Waals surface area contributed by atoms with Gasteiger partial charge in [0.05, 0.1) is 0 Å². The van der Waals surface area contributed by atoms with Crippen LogP contribution in [0.3, 0.4) is 0 Å². The highest BCUT2D eigenvalue weighted by Gasteiger charge is 2.43. The monoisotopic (exact) mass is 440 g/mol. The quantitative estimate of drug-likeness (QED) is 0.485. The second-order valence-corrected chi connectivity index (χ2v) is 11.7. The summed E-state index contributed by atoms with van der Waals surface area (Å²) in [7, 11) is 1.35. The Hall–Kier alpha value is 2.16. The zero-order valence-corrected chi connectivity index (χ0v) is 12.1. The Kier molecular flexibility index (Phi) is 4.76. The van der Waals surface area contributed by atoms with Crippen molar-refractivity contribution in [3.8, 4) is 0 Å². The van der Waals surface area contributed by atoms with Crippen molar-refractivity contribution in [3.63, 3.8) is 0 Å². The Bertz CT molecular complexity index is 209. The van der Waals surface area contributed by atoms with E-state index in [1.54, 1.807) is 0 Å². The van der Waals surface area contributed by atoms with Crippen LogP contribution in [0.1, 0.15) is 0 Å². The summed E-state index contributed by atoms with van der Waals surface area (Å²) in [5, 5.41) is 0. The molecule has 2 nitrogen and oxygen atoms in total. The van der Waals surface area contributed by atoms with Gasteiger partial charge in [0.2, 0.25) is 2.57 Å². The number of hydrogen-bond donors (Lipinski definition) is 0. The van der Waals surface area contributed by atoms with Crippen molar-refractivity contribution in [3.05, 3.63) is 0 Å². The van der Waals surface area contributed by atoms with Gasteiger partial charge in [-0.1, -0.05) is 63.7 Å². The minimum atomic E-state index is -3.69. The van der Waals surface area contributed by atoms with E-state index in [1.807, 2.05) is 0 Å². The number of alkyl halides is 4. The molecule has 0 aliphatic rings. The molecule has 0 aromatic rings. The topological polar surface area (TPSA) is 34.1 Å². The fraction of sp³-hybridized carbons (Fsp3) is 1.00. The van der Waals surface area contributed by atoms with Crippen molar-refractivity contribution in [2.75, 3.05) is 0 Å². The molecule has 0 rings (SSSR count). The van der Waals surface area contributed by atoms with Crippen LogP contribution >= 0.6 is 74.4 Å². The van der Waals surface area contributed by atoms with Crippen molar-refractivity contribution < 1.29 is 8.42 Å². The lowest BCUT2D eigenvalue weighted by molar-refractivity contribution is 0.607. The van der Waals surface area contributed by atoms with E-state index in [0.717, 1.165) is 0 Å². The van der Waals surface area contributed by atoms with Crippen LogP contribution in [0.25, 0.3) is 0 Å². The predicted molar refractivity (Wildman–Crippen MR) is 57.0 cm³/mol. The second-order valence-electron chi connectivity index (χ2n) is 1.30. The SMILES string of the molecule is O=S(=O)(Cl)C(Br)(Br)C(Br)Br. The maximum absolute atomic E-state index is 10.7. The summed E-state index contributed by atoms with van der Waals surface area (Å²) in [6, 6.07) is 0. The summed E-state index contributed by atoms with van der Waals surface area (Å²) >= 11 is 11.7. The van der Waals surface area contributed by atoms with Crippen LogP contribution in [-0.4, -0.2) is 14.7 Å². The highest BCUT2D eigenvalue weighted by atomic mass is 79.9. The van der Waals surface area contributed by atoms with Crippen molar-refractivity contribution in [2.45, 2.75) is 6.30 Å². The van der Waals surface area contributed by atoms with Gasteiger partial charge in [-0.25, -0.2) is 8.42 Å². The molecule has 0 fully saturated rings. The Labute approximate surface area is 97.0 Å². The second kappa shape index (κ2) is 3.91. The van der Waals surface area contributed by atoms with Gasteiger partial charge in [-0.3, -0.25) is 0 Å². The first kappa shape index (κ1) is 12.2. The largest absolute Gasteiger partial charge is 0.260 e. The van der Waals surface area contributed by atoms with Gasteiger partial charge in [-0.2, -0.15) is 0 Å². The third-order valence-electron chi connectivity index (χ3n) is 0.579. The molecule has 0 spiro atoms. The van der Waals surface area contributed by atoms with E-state index in [9.17, 15) is 8.42 Å². The van der Waals surface area contributed by atoms with Crippen LogP contribution in [-0.2, 0) is 9.05 Å². The summed E-state index contributed by atoms with van der Waals surface area (Å²) in [5.41, 5.74) is 0. The van der Waals surface area contributed by atoms with Gasteiger partial charge in [0.1, 0.15) is 3.74 Å². The first-order valence-corrected chi connectivity index (χ1v) is 7.52. The molecule has 0 unspecified atom stereocenters. The van der Waals surface area contributed by atoms with E-state index in [1.165, 1.54) is 0 Å². The van der Waals surface area contributed by atoms with Crippen LogP contribution < -0.4 is 0 Å². The Balaban J connectivity index is 4.76. The third-order valence-corrected chi connectivity index (χ3v) is 11.2. The zero-order chi connectivity index (χ0) is 8.58. The van der Waals surface area contributed by atoms with Gasteiger partial charge in [0, 0.05) is 10.7 Å². The fourth-order valence-corrected chi connectivity index (χ4v) is 2.71. The van der Waals surface area contributed by atoms with Gasteiger partial charge in [-0.05, 0) is 0 Å². The lowest BCUT2D eigenvalue weighted by Crippen LogP contribution is -2.26. The Morgan fingerprint density at radius 3 is 1.60 bits per heavy atom. The van der Waals surface area contributed by atoms with Crippen molar-refractivity contribution in [1.82, 2.24) is 0 Å². The first-order valence-electron chi connectivity index (χ1n) is 1.79. The van der Waals surface area contributed by atoms with Crippen molar-refractivity contribution in [2.24, 2.45) is 0 Å². The Morgan fingerprint density at radius 1 is 1.30 bits per heavy atom. The van der Waals surface area contributed by atoms with E-state index in [2.05, 4.69) is 63.7 Å². The summed E-state index contributed by atoms with van der Waals surface area (Å²) in [6.45, 7) is 0. The molecular formula is C2HBr4ClO2S. The summed E-state index contributed by atoms with van der Waals surface area (Å²) in [6.07, 6.45) is 0. The highest BCUT2D eigenvalue weighted by Crippen LogP contribution is 2.44. The number of hydrogen-bond acceptors (Lipinski definition) is 2. The maximum Gasteiger partial charge on any atom is 0.260 e. The molecule has 8 heteroatoms. The molecule has 0 aliphatic heterocycles. The summed E-state index contributed by atoms with van der Waals surface area (Å²) in [5.74, 6) is 0. The molecule has 62 valence electrons. The van der Waals surface area contributed by atoms with Crippen LogP contribution in [0.4, 0.5) is 0 Å². The van der Waals surface area contributed by atoms with Gasteiger partial charge >= 0.3 is 0 Å². The van der Waals surface area contributed by atoms with Crippen molar-refractivity contribution in [1.29, 1.82) is 0 Å². The molecule has 0 bridgehead atoms. The summed E-state index contributed by atoms with van der Waals surface area (Å²) < 4.78 is 19.5. The number of rotatable bonds is 2. The fourth-order valence-electron chi connectivity index (χ4n) is 0.106. The molecule has 0 radical (unpaired) electrons. The minimum absolute atomic E-state index is 0.505. The van der Waals surface area contributed by atoms with E-state index in [0.29, 0.717) is 0 Å². The normalized spacial score (nSPS) is 14.2. The maximum atomic E-state index is 10.7. The van der Waals surface area contributed by atoms with Gasteiger partial charge in [0.25, 0.3) is 9.05 Å². The van der Waals surface area contributed by atoms with E-state index in [-0.39, 0.29) is 0 Å². The predicted octanol–water partition coefficient (Wildman–Crippen LogP) is 3.11. The van der Waals surface area contributed by atoms with E-state index < -0.39 is 15.4 Å². The molecule has 0 saturated carbocycles. The highest BCUT2D eigenvalue weighted by molar-refractivity contribution is 9.32. The first-order chi connectivity index (χ1) is 4.19. The molecule has 0 N–H and O–H groups in total. The molecule has 0 saturated heterocycles. The van der Waals surface area contributed by atoms with Crippen LogP contribution in [0.5, 0.6) is 0 Å². The van der Waals surface area contributed by atoms with Crippen LogP contribution in [0, 0.1) is 0 Å². The standard InChI is InChI=1S/C2HBr4ClO2S/c3-1(4)2(5,6)10(7,8)9/h1H. The van der Waals surface area contributed by atoms with Gasteiger partial charge in [-0.15, -0.1) is 0 Å². The lowest BCUT2D eigenvalue weighted by Gasteiger charge is -2.17. The molecular weight excluding hydrogens is 443 g/mol. The summed E-state index contributed by atoms with van der Waals surface area (Å²) in [4.78, 5) is 0. The molecule has 0 heterocycles. The zero-order valence-electron chi connectivity index (χ0n) is 4.19. The Morgan fingerprint density at radius 2 is 1.60 bits per heavy atom. The molecule has 10 heavy (non-hydrogen) atoms. The number of halogens is 5. The van der Waals surface area contributed by atoms with Crippen molar-refractivity contribution >= 4 is 83.5 Å². The van der Waals surface area contributed by atoms with E-state index >= 15 is 0 Å². The third kappa shape index (κ3) is 2.90. The van der Waals surface area contributed by atoms with E-state index in [4.69, 9.17) is 10.7 Å². The molecule has 0 aromatic heterocycles. The van der Waals surface area contributed by atoms with Gasteiger partial charge in [0.15, 0.2) is 0 Å². The van der Waals surface area contributed by atoms with Crippen LogP contribution in [0.15, 0.2) is 0 Å². The molecule has 0 atom stereocenters. The molecule has 0 amide bonds. The lowest BCUT2D eigenvalue weighted by atomic mass is 11.0. The van der Waals surface area contributed by atoms with Gasteiger partial charge < -0.3 is 0 Å². The molecule has 0 aliphatic carbocycles.